The summed E-state index contributed by atoms with van der Waals surface area (Å²) in [5.74, 6) is 0.289. The summed E-state index contributed by atoms with van der Waals surface area (Å²) in [6.07, 6.45) is 2.09. The second-order valence-electron chi connectivity index (χ2n) is 4.43. The van der Waals surface area contributed by atoms with E-state index in [0.29, 0.717) is 6.42 Å². The van der Waals surface area contributed by atoms with Crippen LogP contribution in [0, 0.1) is 10.1 Å². The number of rotatable bonds is 5. The highest BCUT2D eigenvalue weighted by Gasteiger charge is 2.20. The van der Waals surface area contributed by atoms with Gasteiger partial charge in [0.25, 0.3) is 11.6 Å². The Morgan fingerprint density at radius 3 is 2.75 bits per heavy atom. The Hall–Kier alpha value is -2.63. The van der Waals surface area contributed by atoms with Crippen molar-refractivity contribution in [1.29, 1.82) is 0 Å². The maximum Gasteiger partial charge on any atom is 0.282 e. The zero-order valence-corrected chi connectivity index (χ0v) is 10.9. The molecule has 0 aliphatic carbocycles. The predicted octanol–water partition coefficient (Wildman–Crippen LogP) is 2.55. The zero-order chi connectivity index (χ0) is 14.5. The highest BCUT2D eigenvalue weighted by Crippen LogP contribution is 2.17. The Labute approximate surface area is 115 Å². The fraction of sp³-hybridized carbons (Fsp3) is 0.214. The first kappa shape index (κ1) is 13.8. The lowest BCUT2D eigenvalue weighted by Crippen LogP contribution is -2.34. The van der Waals surface area contributed by atoms with Gasteiger partial charge in [-0.05, 0) is 25.1 Å². The molecule has 6 nitrogen and oxygen atoms in total. The number of hydrogen-bond donors (Lipinski definition) is 1. The molecule has 0 fully saturated rings. The van der Waals surface area contributed by atoms with Crippen molar-refractivity contribution in [3.8, 4) is 0 Å². The monoisotopic (exact) mass is 274 g/mol. The molecule has 2 rings (SSSR count). The van der Waals surface area contributed by atoms with Crippen LogP contribution in [0.3, 0.4) is 0 Å². The number of carbonyl (C=O) groups is 1. The van der Waals surface area contributed by atoms with Crippen molar-refractivity contribution >= 4 is 11.6 Å². The van der Waals surface area contributed by atoms with Gasteiger partial charge in [0.1, 0.15) is 11.3 Å². The molecular formula is C14H14N2O4. The van der Waals surface area contributed by atoms with Crippen molar-refractivity contribution in [1.82, 2.24) is 5.32 Å². The van der Waals surface area contributed by atoms with Crippen LogP contribution in [0.2, 0.25) is 0 Å². The molecule has 1 aromatic carbocycles. The van der Waals surface area contributed by atoms with Crippen molar-refractivity contribution in [2.75, 3.05) is 0 Å². The van der Waals surface area contributed by atoms with Gasteiger partial charge in [0, 0.05) is 18.5 Å². The summed E-state index contributed by atoms with van der Waals surface area (Å²) in [5, 5.41) is 13.6. The summed E-state index contributed by atoms with van der Waals surface area (Å²) < 4.78 is 5.19. The molecule has 0 saturated heterocycles. The number of nitro benzene ring substituents is 1. The van der Waals surface area contributed by atoms with Crippen LogP contribution in [0.4, 0.5) is 5.69 Å². The lowest BCUT2D eigenvalue weighted by molar-refractivity contribution is -0.385. The fourth-order valence-corrected chi connectivity index (χ4v) is 1.91. The number of nitrogens with one attached hydrogen (secondary N) is 1. The zero-order valence-electron chi connectivity index (χ0n) is 10.9. The lowest BCUT2D eigenvalue weighted by Gasteiger charge is -2.12. The standard InChI is InChI=1S/C14H14N2O4/c1-10(9-11-5-4-8-20-11)15-14(17)12-6-2-3-7-13(12)16(18)19/h2-8,10H,9H2,1H3,(H,15,17)/t10-/m1/s1. The van der Waals surface area contributed by atoms with E-state index < -0.39 is 10.8 Å². The molecule has 1 heterocycles. The number of nitrogens with zero attached hydrogens (tertiary/aromatic N) is 1. The maximum atomic E-state index is 12.1. The van der Waals surface area contributed by atoms with Gasteiger partial charge in [-0.25, -0.2) is 0 Å². The SMILES string of the molecule is C[C@H](Cc1ccco1)NC(=O)c1ccccc1[N+](=O)[O-]. The first-order valence-corrected chi connectivity index (χ1v) is 6.14. The Kier molecular flexibility index (Phi) is 4.14. The summed E-state index contributed by atoms with van der Waals surface area (Å²) in [6, 6.07) is 9.27. The van der Waals surface area contributed by atoms with Gasteiger partial charge in [-0.15, -0.1) is 0 Å². The molecule has 6 heteroatoms. The van der Waals surface area contributed by atoms with Crippen LogP contribution in [0.5, 0.6) is 0 Å². The number of hydrogen-bond acceptors (Lipinski definition) is 4. The lowest BCUT2D eigenvalue weighted by atomic mass is 10.1. The molecule has 2 aromatic rings. The second kappa shape index (κ2) is 6.01. The van der Waals surface area contributed by atoms with Crippen molar-refractivity contribution in [2.45, 2.75) is 19.4 Å². The van der Waals surface area contributed by atoms with Crippen molar-refractivity contribution in [2.24, 2.45) is 0 Å². The number of nitro groups is 1. The van der Waals surface area contributed by atoms with Gasteiger partial charge in [0.05, 0.1) is 11.2 Å². The number of para-hydroxylation sites is 1. The Morgan fingerprint density at radius 1 is 1.35 bits per heavy atom. The molecule has 0 saturated carbocycles. The third kappa shape index (κ3) is 3.23. The molecule has 0 aliphatic heterocycles. The third-order valence-corrected chi connectivity index (χ3v) is 2.81. The van der Waals surface area contributed by atoms with E-state index in [-0.39, 0.29) is 17.3 Å². The number of amides is 1. The third-order valence-electron chi connectivity index (χ3n) is 2.81. The van der Waals surface area contributed by atoms with Crippen LogP contribution >= 0.6 is 0 Å². The summed E-state index contributed by atoms with van der Waals surface area (Å²) in [7, 11) is 0. The van der Waals surface area contributed by atoms with Crippen LogP contribution in [0.15, 0.2) is 47.1 Å². The summed E-state index contributed by atoms with van der Waals surface area (Å²) in [5.41, 5.74) is -0.140. The fourth-order valence-electron chi connectivity index (χ4n) is 1.91. The second-order valence-corrected chi connectivity index (χ2v) is 4.43. The molecule has 1 atom stereocenters. The van der Waals surface area contributed by atoms with Gasteiger partial charge in [-0.2, -0.15) is 0 Å². The van der Waals surface area contributed by atoms with Gasteiger partial charge in [0.2, 0.25) is 0 Å². The molecule has 1 amide bonds. The highest BCUT2D eigenvalue weighted by molar-refractivity contribution is 5.98. The smallest absolute Gasteiger partial charge is 0.282 e. The van der Waals surface area contributed by atoms with Gasteiger partial charge in [-0.3, -0.25) is 14.9 Å². The number of carbonyl (C=O) groups excluding carboxylic acids is 1. The van der Waals surface area contributed by atoms with Gasteiger partial charge < -0.3 is 9.73 Å². The molecule has 20 heavy (non-hydrogen) atoms. The van der Waals surface area contributed by atoms with Crippen LogP contribution in [-0.4, -0.2) is 16.9 Å². The van der Waals surface area contributed by atoms with Crippen molar-refractivity contribution in [3.05, 3.63) is 64.1 Å². The van der Waals surface area contributed by atoms with Crippen molar-refractivity contribution < 1.29 is 14.1 Å². The Morgan fingerprint density at radius 2 is 2.10 bits per heavy atom. The van der Waals surface area contributed by atoms with Gasteiger partial charge in [0.15, 0.2) is 0 Å². The quantitative estimate of drug-likeness (QED) is 0.670. The molecule has 0 radical (unpaired) electrons. The van der Waals surface area contributed by atoms with Gasteiger partial charge >= 0.3 is 0 Å². The molecule has 0 unspecified atom stereocenters. The average Bonchev–Trinajstić information content (AvgIpc) is 2.91. The number of furan rings is 1. The summed E-state index contributed by atoms with van der Waals surface area (Å²) in [6.45, 7) is 1.81. The van der Waals surface area contributed by atoms with E-state index >= 15 is 0 Å². The highest BCUT2D eigenvalue weighted by atomic mass is 16.6. The van der Waals surface area contributed by atoms with E-state index in [2.05, 4.69) is 5.32 Å². The Bertz CT molecular complexity index is 607. The molecule has 104 valence electrons. The van der Waals surface area contributed by atoms with Crippen LogP contribution in [0.25, 0.3) is 0 Å². The average molecular weight is 274 g/mol. The van der Waals surface area contributed by atoms with Crippen LogP contribution in [-0.2, 0) is 6.42 Å². The minimum absolute atomic E-state index is 0.0591. The molecule has 1 N–H and O–H groups in total. The first-order chi connectivity index (χ1) is 9.58. The van der Waals surface area contributed by atoms with E-state index in [1.54, 1.807) is 18.4 Å². The van der Waals surface area contributed by atoms with Crippen LogP contribution in [0.1, 0.15) is 23.0 Å². The first-order valence-electron chi connectivity index (χ1n) is 6.14. The summed E-state index contributed by atoms with van der Waals surface area (Å²) in [4.78, 5) is 22.4. The maximum absolute atomic E-state index is 12.1. The van der Waals surface area contributed by atoms with E-state index in [9.17, 15) is 14.9 Å². The minimum atomic E-state index is -0.563. The number of benzene rings is 1. The van der Waals surface area contributed by atoms with E-state index in [0.717, 1.165) is 5.76 Å². The van der Waals surface area contributed by atoms with Crippen molar-refractivity contribution in [3.63, 3.8) is 0 Å². The molecule has 0 spiro atoms. The predicted molar refractivity (Wildman–Crippen MR) is 72.4 cm³/mol. The van der Waals surface area contributed by atoms with E-state index in [4.69, 9.17) is 4.42 Å². The van der Waals surface area contributed by atoms with E-state index in [1.165, 1.54) is 18.2 Å². The van der Waals surface area contributed by atoms with E-state index in [1.807, 2.05) is 13.0 Å². The van der Waals surface area contributed by atoms with Crippen LogP contribution < -0.4 is 5.32 Å². The normalized spacial score (nSPS) is 11.8. The Balaban J connectivity index is 2.06. The molecular weight excluding hydrogens is 260 g/mol. The minimum Gasteiger partial charge on any atom is -0.469 e. The molecule has 1 aromatic heterocycles. The molecule has 0 aliphatic rings. The van der Waals surface area contributed by atoms with Gasteiger partial charge in [-0.1, -0.05) is 12.1 Å². The largest absolute Gasteiger partial charge is 0.469 e. The summed E-state index contributed by atoms with van der Waals surface area (Å²) >= 11 is 0. The topological polar surface area (TPSA) is 85.4 Å². The molecule has 0 bridgehead atoms.